The van der Waals surface area contributed by atoms with Gasteiger partial charge in [0.1, 0.15) is 11.5 Å². The molecule has 1 amide bonds. The van der Waals surface area contributed by atoms with Gasteiger partial charge in [0.25, 0.3) is 5.91 Å². The third kappa shape index (κ3) is 6.29. The number of carbonyl (C=O) groups excluding carboxylic acids is 1. The second-order valence-corrected chi connectivity index (χ2v) is 9.55. The maximum Gasteiger partial charge on any atom is 0.276 e. The molecule has 0 aliphatic rings. The fourth-order valence-electron chi connectivity index (χ4n) is 3.54. The van der Waals surface area contributed by atoms with Crippen molar-refractivity contribution in [3.05, 3.63) is 89.5 Å². The van der Waals surface area contributed by atoms with Crippen LogP contribution in [0.4, 0.5) is 5.69 Å². The van der Waals surface area contributed by atoms with Crippen LogP contribution in [0, 0.1) is 13.8 Å². The molecule has 0 aliphatic heterocycles. The van der Waals surface area contributed by atoms with Gasteiger partial charge < -0.3 is 14.8 Å². The van der Waals surface area contributed by atoms with Gasteiger partial charge in [0.15, 0.2) is 19.2 Å². The van der Waals surface area contributed by atoms with E-state index in [1.165, 1.54) is 11.1 Å². The maximum absolute atomic E-state index is 12.6. The first kappa shape index (κ1) is 24.1. The highest BCUT2D eigenvalue weighted by Gasteiger charge is 2.14. The Kier molecular flexibility index (Phi) is 6.91. The number of carbonyl (C=O) groups is 1. The minimum Gasteiger partial charge on any atom is -0.471 e. The second-order valence-electron chi connectivity index (χ2n) is 9.55. The van der Waals surface area contributed by atoms with Gasteiger partial charge in [-0.1, -0.05) is 50.6 Å². The van der Waals surface area contributed by atoms with Crippen LogP contribution in [-0.2, 0) is 18.9 Å². The summed E-state index contributed by atoms with van der Waals surface area (Å²) >= 11 is 0. The van der Waals surface area contributed by atoms with Crippen LogP contribution in [0.15, 0.2) is 67.1 Å². The number of amides is 1. The van der Waals surface area contributed by atoms with Crippen LogP contribution in [-0.4, -0.2) is 25.5 Å². The molecule has 0 spiro atoms. The summed E-state index contributed by atoms with van der Waals surface area (Å²) in [6.07, 6.45) is 4.99. The standard InChI is InChI=1S/C27H31N5O3/c1-19-6-11-25(20(2)14-19)35-18-32-16-22(15-28-32)29-26(33)24-12-13-31(30-24)17-34-23-9-7-21(8-10-23)27(3,4)5/h6-16H,17-18H2,1-5H3,(H,29,33). The molecule has 35 heavy (non-hydrogen) atoms. The van der Waals surface area contributed by atoms with Crippen molar-refractivity contribution in [1.82, 2.24) is 19.6 Å². The Labute approximate surface area is 205 Å². The van der Waals surface area contributed by atoms with E-state index >= 15 is 0 Å². The highest BCUT2D eigenvalue weighted by atomic mass is 16.5. The summed E-state index contributed by atoms with van der Waals surface area (Å²) in [4.78, 5) is 12.6. The Morgan fingerprint density at radius 3 is 2.43 bits per heavy atom. The van der Waals surface area contributed by atoms with E-state index in [4.69, 9.17) is 9.47 Å². The Bertz CT molecular complexity index is 1300. The molecule has 0 fully saturated rings. The number of benzene rings is 2. The lowest BCUT2D eigenvalue weighted by Crippen LogP contribution is -2.14. The van der Waals surface area contributed by atoms with Crippen LogP contribution >= 0.6 is 0 Å². The molecule has 4 aromatic rings. The molecule has 0 radical (unpaired) electrons. The minimum atomic E-state index is -0.326. The molecule has 182 valence electrons. The monoisotopic (exact) mass is 473 g/mol. The van der Waals surface area contributed by atoms with E-state index in [-0.39, 0.29) is 30.5 Å². The van der Waals surface area contributed by atoms with Crippen molar-refractivity contribution in [2.24, 2.45) is 0 Å². The normalized spacial score (nSPS) is 11.3. The lowest BCUT2D eigenvalue weighted by atomic mass is 9.87. The number of hydrogen-bond acceptors (Lipinski definition) is 5. The molecule has 2 aromatic heterocycles. The molecule has 0 unspecified atom stereocenters. The summed E-state index contributed by atoms with van der Waals surface area (Å²) in [5, 5.41) is 11.4. The summed E-state index contributed by atoms with van der Waals surface area (Å²) in [6, 6.07) is 15.7. The number of nitrogens with one attached hydrogen (secondary N) is 1. The Morgan fingerprint density at radius 2 is 1.71 bits per heavy atom. The molecule has 0 atom stereocenters. The van der Waals surface area contributed by atoms with Gasteiger partial charge in [-0.15, -0.1) is 0 Å². The first-order valence-corrected chi connectivity index (χ1v) is 11.5. The fourth-order valence-corrected chi connectivity index (χ4v) is 3.54. The Morgan fingerprint density at radius 1 is 0.971 bits per heavy atom. The van der Waals surface area contributed by atoms with Crippen molar-refractivity contribution in [3.8, 4) is 11.5 Å². The number of hydrogen-bond donors (Lipinski definition) is 1. The third-order valence-electron chi connectivity index (χ3n) is 5.53. The molecule has 2 heterocycles. The number of nitrogens with zero attached hydrogens (tertiary/aromatic N) is 4. The molecule has 1 N–H and O–H groups in total. The first-order chi connectivity index (χ1) is 16.7. The SMILES string of the molecule is Cc1ccc(OCn2cc(NC(=O)c3ccn(COc4ccc(C(C)(C)C)cc4)n3)cn2)c(C)c1. The molecular weight excluding hydrogens is 442 g/mol. The number of rotatable bonds is 8. The van der Waals surface area contributed by atoms with E-state index in [1.54, 1.807) is 34.0 Å². The zero-order valence-electron chi connectivity index (χ0n) is 20.8. The number of aryl methyl sites for hydroxylation is 2. The van der Waals surface area contributed by atoms with E-state index in [1.807, 2.05) is 38.1 Å². The molecule has 8 heteroatoms. The van der Waals surface area contributed by atoms with Crippen LogP contribution in [0.1, 0.15) is 48.0 Å². The van der Waals surface area contributed by atoms with Crippen LogP contribution in [0.3, 0.4) is 0 Å². The summed E-state index contributed by atoms with van der Waals surface area (Å²) < 4.78 is 14.8. The van der Waals surface area contributed by atoms with Crippen molar-refractivity contribution < 1.29 is 14.3 Å². The zero-order chi connectivity index (χ0) is 25.0. The molecule has 0 bridgehead atoms. The van der Waals surface area contributed by atoms with Gasteiger partial charge in [0, 0.05) is 6.20 Å². The van der Waals surface area contributed by atoms with Gasteiger partial charge in [-0.25, -0.2) is 9.36 Å². The van der Waals surface area contributed by atoms with Crippen LogP contribution < -0.4 is 14.8 Å². The van der Waals surface area contributed by atoms with Gasteiger partial charge in [0.2, 0.25) is 0 Å². The maximum atomic E-state index is 12.6. The quantitative estimate of drug-likeness (QED) is 0.375. The minimum absolute atomic E-state index is 0.0897. The highest BCUT2D eigenvalue weighted by molar-refractivity contribution is 6.02. The van der Waals surface area contributed by atoms with Crippen molar-refractivity contribution in [3.63, 3.8) is 0 Å². The van der Waals surface area contributed by atoms with E-state index in [2.05, 4.69) is 54.5 Å². The largest absolute Gasteiger partial charge is 0.471 e. The van der Waals surface area contributed by atoms with Gasteiger partial charge in [-0.2, -0.15) is 10.2 Å². The average molecular weight is 474 g/mol. The molecule has 4 rings (SSSR count). The molecule has 0 saturated carbocycles. The van der Waals surface area contributed by atoms with Gasteiger partial charge >= 0.3 is 0 Å². The summed E-state index contributed by atoms with van der Waals surface area (Å²) in [6.45, 7) is 11.0. The van der Waals surface area contributed by atoms with Crippen molar-refractivity contribution in [1.29, 1.82) is 0 Å². The van der Waals surface area contributed by atoms with Crippen LogP contribution in [0.2, 0.25) is 0 Å². The third-order valence-corrected chi connectivity index (χ3v) is 5.53. The van der Waals surface area contributed by atoms with Gasteiger partial charge in [0.05, 0.1) is 18.1 Å². The molecular formula is C27H31N5O3. The lowest BCUT2D eigenvalue weighted by molar-refractivity contribution is 0.102. The first-order valence-electron chi connectivity index (χ1n) is 11.5. The van der Waals surface area contributed by atoms with E-state index in [0.29, 0.717) is 5.69 Å². The predicted octanol–water partition coefficient (Wildman–Crippen LogP) is 5.32. The Balaban J connectivity index is 1.28. The average Bonchev–Trinajstić information content (AvgIpc) is 3.46. The Hall–Kier alpha value is -4.07. The number of aromatic nitrogens is 4. The summed E-state index contributed by atoms with van der Waals surface area (Å²) in [5.41, 5.74) is 4.42. The molecule has 8 nitrogen and oxygen atoms in total. The second kappa shape index (κ2) is 10.0. The summed E-state index contributed by atoms with van der Waals surface area (Å²) in [5.74, 6) is 1.22. The summed E-state index contributed by atoms with van der Waals surface area (Å²) in [7, 11) is 0. The topological polar surface area (TPSA) is 83.2 Å². The number of ether oxygens (including phenoxy) is 2. The van der Waals surface area contributed by atoms with E-state index in [9.17, 15) is 4.79 Å². The van der Waals surface area contributed by atoms with Gasteiger partial charge in [-0.3, -0.25) is 4.79 Å². The zero-order valence-corrected chi connectivity index (χ0v) is 20.8. The number of anilines is 1. The molecule has 0 aliphatic carbocycles. The highest BCUT2D eigenvalue weighted by Crippen LogP contribution is 2.24. The predicted molar refractivity (Wildman–Crippen MR) is 135 cm³/mol. The van der Waals surface area contributed by atoms with Crippen LogP contribution in [0.25, 0.3) is 0 Å². The van der Waals surface area contributed by atoms with E-state index < -0.39 is 0 Å². The lowest BCUT2D eigenvalue weighted by Gasteiger charge is -2.19. The van der Waals surface area contributed by atoms with Crippen LogP contribution in [0.5, 0.6) is 11.5 Å². The van der Waals surface area contributed by atoms with Crippen molar-refractivity contribution in [2.45, 2.75) is 53.5 Å². The van der Waals surface area contributed by atoms with E-state index in [0.717, 1.165) is 17.1 Å². The smallest absolute Gasteiger partial charge is 0.276 e. The van der Waals surface area contributed by atoms with Gasteiger partial charge in [-0.05, 0) is 54.7 Å². The fraction of sp³-hybridized carbons (Fsp3) is 0.296. The van der Waals surface area contributed by atoms with Crippen molar-refractivity contribution >= 4 is 11.6 Å². The van der Waals surface area contributed by atoms with Crippen molar-refractivity contribution in [2.75, 3.05) is 5.32 Å². The molecule has 2 aromatic carbocycles. The molecule has 0 saturated heterocycles.